The van der Waals surface area contributed by atoms with Crippen molar-refractivity contribution in [3.05, 3.63) is 48.0 Å². The highest BCUT2D eigenvalue weighted by atomic mass is 16.2. The number of carbonyl (C=O) groups is 2. The molecule has 0 spiro atoms. The van der Waals surface area contributed by atoms with Crippen LogP contribution < -0.4 is 5.32 Å². The van der Waals surface area contributed by atoms with Gasteiger partial charge in [0, 0.05) is 19.6 Å². The van der Waals surface area contributed by atoms with Gasteiger partial charge in [-0.25, -0.2) is 0 Å². The van der Waals surface area contributed by atoms with E-state index in [0.29, 0.717) is 19.6 Å². The molecule has 1 aliphatic heterocycles. The third-order valence-corrected chi connectivity index (χ3v) is 3.93. The lowest BCUT2D eigenvalue weighted by Gasteiger charge is -2.34. The predicted octanol–water partition coefficient (Wildman–Crippen LogP) is 1.90. The molecule has 1 aromatic rings. The summed E-state index contributed by atoms with van der Waals surface area (Å²) >= 11 is 0. The van der Waals surface area contributed by atoms with Crippen molar-refractivity contribution >= 4 is 11.8 Å². The van der Waals surface area contributed by atoms with Crippen LogP contribution in [0, 0.1) is 5.41 Å². The number of amides is 2. The Morgan fingerprint density at radius 2 is 2.00 bits per heavy atom. The van der Waals surface area contributed by atoms with E-state index >= 15 is 0 Å². The van der Waals surface area contributed by atoms with Gasteiger partial charge in [-0.1, -0.05) is 30.3 Å². The van der Waals surface area contributed by atoms with Gasteiger partial charge < -0.3 is 10.2 Å². The quantitative estimate of drug-likeness (QED) is 0.679. The molecule has 21 heavy (non-hydrogen) atoms. The summed E-state index contributed by atoms with van der Waals surface area (Å²) in [5.74, 6) is -0.384. The SMILES string of the molecule is C=CCNC(=O)C(C)(C)C(=O)N1CCc2ccccc2C1. The summed E-state index contributed by atoms with van der Waals surface area (Å²) in [5.41, 5.74) is 1.39. The molecule has 4 heteroatoms. The Morgan fingerprint density at radius 1 is 1.33 bits per heavy atom. The van der Waals surface area contributed by atoms with Gasteiger partial charge in [-0.15, -0.1) is 6.58 Å². The fraction of sp³-hybridized carbons (Fsp3) is 0.412. The van der Waals surface area contributed by atoms with Crippen molar-refractivity contribution in [2.75, 3.05) is 13.1 Å². The standard InChI is InChI=1S/C17H22N2O2/c1-4-10-18-15(20)17(2,3)16(21)19-11-9-13-7-5-6-8-14(13)12-19/h4-8H,1,9-12H2,2-3H3,(H,18,20). The molecule has 0 fully saturated rings. The molecule has 0 aromatic heterocycles. The molecule has 1 heterocycles. The number of nitrogens with one attached hydrogen (secondary N) is 1. The Bertz CT molecular complexity index is 564. The minimum atomic E-state index is -1.06. The molecule has 1 N–H and O–H groups in total. The Hall–Kier alpha value is -2.10. The van der Waals surface area contributed by atoms with Crippen LogP contribution in [0.3, 0.4) is 0 Å². The Morgan fingerprint density at radius 3 is 2.67 bits per heavy atom. The van der Waals surface area contributed by atoms with Crippen molar-refractivity contribution in [3.8, 4) is 0 Å². The van der Waals surface area contributed by atoms with Crippen LogP contribution in [-0.4, -0.2) is 29.8 Å². The maximum Gasteiger partial charge on any atom is 0.238 e. The van der Waals surface area contributed by atoms with Gasteiger partial charge in [0.2, 0.25) is 11.8 Å². The highest BCUT2D eigenvalue weighted by molar-refractivity contribution is 6.04. The van der Waals surface area contributed by atoms with Gasteiger partial charge in [-0.3, -0.25) is 9.59 Å². The van der Waals surface area contributed by atoms with E-state index in [1.807, 2.05) is 18.2 Å². The van der Waals surface area contributed by atoms with Crippen LogP contribution in [0.15, 0.2) is 36.9 Å². The predicted molar refractivity (Wildman–Crippen MR) is 82.6 cm³/mol. The zero-order valence-corrected chi connectivity index (χ0v) is 12.7. The Labute approximate surface area is 125 Å². The van der Waals surface area contributed by atoms with E-state index in [-0.39, 0.29) is 11.8 Å². The second kappa shape index (κ2) is 6.12. The van der Waals surface area contributed by atoms with Gasteiger partial charge in [0.15, 0.2) is 0 Å². The average molecular weight is 286 g/mol. The first-order valence-corrected chi connectivity index (χ1v) is 7.22. The zero-order valence-electron chi connectivity index (χ0n) is 12.7. The Balaban J connectivity index is 2.10. The molecule has 0 unspecified atom stereocenters. The fourth-order valence-corrected chi connectivity index (χ4v) is 2.55. The van der Waals surface area contributed by atoms with Gasteiger partial charge in [0.05, 0.1) is 0 Å². The summed E-state index contributed by atoms with van der Waals surface area (Å²) in [6.07, 6.45) is 2.45. The maximum absolute atomic E-state index is 12.7. The fourth-order valence-electron chi connectivity index (χ4n) is 2.55. The van der Waals surface area contributed by atoms with Crippen molar-refractivity contribution in [1.29, 1.82) is 0 Å². The van der Waals surface area contributed by atoms with Crippen LogP contribution >= 0.6 is 0 Å². The summed E-state index contributed by atoms with van der Waals surface area (Å²) in [4.78, 5) is 26.6. The second-order valence-electron chi connectivity index (χ2n) is 5.87. The summed E-state index contributed by atoms with van der Waals surface area (Å²) in [6, 6.07) is 8.14. The third-order valence-electron chi connectivity index (χ3n) is 3.93. The van der Waals surface area contributed by atoms with Crippen molar-refractivity contribution in [1.82, 2.24) is 10.2 Å². The number of rotatable bonds is 4. The molecule has 112 valence electrons. The summed E-state index contributed by atoms with van der Waals surface area (Å²) < 4.78 is 0. The molecular formula is C17H22N2O2. The first-order valence-electron chi connectivity index (χ1n) is 7.22. The van der Waals surface area contributed by atoms with E-state index < -0.39 is 5.41 Å². The van der Waals surface area contributed by atoms with Crippen molar-refractivity contribution in [2.45, 2.75) is 26.8 Å². The van der Waals surface area contributed by atoms with E-state index in [2.05, 4.69) is 18.0 Å². The van der Waals surface area contributed by atoms with Gasteiger partial charge in [0.25, 0.3) is 0 Å². The number of carbonyl (C=O) groups excluding carboxylic acids is 2. The van der Waals surface area contributed by atoms with E-state index in [9.17, 15) is 9.59 Å². The topological polar surface area (TPSA) is 49.4 Å². The smallest absolute Gasteiger partial charge is 0.238 e. The van der Waals surface area contributed by atoms with Gasteiger partial charge in [0.1, 0.15) is 5.41 Å². The molecule has 0 bridgehead atoms. The number of fused-ring (bicyclic) bond motifs is 1. The normalized spacial score (nSPS) is 14.3. The first-order chi connectivity index (χ1) is 9.96. The second-order valence-corrected chi connectivity index (χ2v) is 5.87. The van der Waals surface area contributed by atoms with E-state index in [4.69, 9.17) is 0 Å². The molecule has 0 saturated heterocycles. The van der Waals surface area contributed by atoms with Crippen LogP contribution in [0.25, 0.3) is 0 Å². The van der Waals surface area contributed by atoms with E-state index in [0.717, 1.165) is 6.42 Å². The lowest BCUT2D eigenvalue weighted by Crippen LogP contribution is -2.50. The largest absolute Gasteiger partial charge is 0.352 e. The van der Waals surface area contributed by atoms with Crippen LogP contribution in [0.5, 0.6) is 0 Å². The van der Waals surface area contributed by atoms with Gasteiger partial charge >= 0.3 is 0 Å². The first kappa shape index (κ1) is 15.3. The zero-order chi connectivity index (χ0) is 15.5. The number of benzene rings is 1. The molecule has 2 rings (SSSR count). The van der Waals surface area contributed by atoms with Crippen molar-refractivity contribution in [2.24, 2.45) is 5.41 Å². The molecule has 0 atom stereocenters. The molecular weight excluding hydrogens is 264 g/mol. The van der Waals surface area contributed by atoms with Crippen molar-refractivity contribution < 1.29 is 9.59 Å². The lowest BCUT2D eigenvalue weighted by molar-refractivity contribution is -0.149. The molecule has 4 nitrogen and oxygen atoms in total. The van der Waals surface area contributed by atoms with Crippen LogP contribution in [0.2, 0.25) is 0 Å². The molecule has 1 aromatic carbocycles. The number of nitrogens with zero attached hydrogens (tertiary/aromatic N) is 1. The summed E-state index contributed by atoms with van der Waals surface area (Å²) in [6.45, 7) is 8.52. The van der Waals surface area contributed by atoms with E-state index in [1.54, 1.807) is 24.8 Å². The Kier molecular flexibility index (Phi) is 4.46. The minimum absolute atomic E-state index is 0.126. The number of hydrogen-bond acceptors (Lipinski definition) is 2. The summed E-state index contributed by atoms with van der Waals surface area (Å²) in [5, 5.41) is 2.71. The van der Waals surface area contributed by atoms with Gasteiger partial charge in [-0.05, 0) is 31.4 Å². The molecule has 1 aliphatic rings. The highest BCUT2D eigenvalue weighted by Crippen LogP contribution is 2.25. The van der Waals surface area contributed by atoms with E-state index in [1.165, 1.54) is 11.1 Å². The molecule has 0 radical (unpaired) electrons. The van der Waals surface area contributed by atoms with Crippen molar-refractivity contribution in [3.63, 3.8) is 0 Å². The summed E-state index contributed by atoms with van der Waals surface area (Å²) in [7, 11) is 0. The van der Waals surface area contributed by atoms with Gasteiger partial charge in [-0.2, -0.15) is 0 Å². The highest BCUT2D eigenvalue weighted by Gasteiger charge is 2.39. The molecule has 0 aliphatic carbocycles. The number of hydrogen-bond donors (Lipinski definition) is 1. The monoisotopic (exact) mass is 286 g/mol. The van der Waals surface area contributed by atoms with Crippen LogP contribution in [-0.2, 0) is 22.6 Å². The molecule has 2 amide bonds. The van der Waals surface area contributed by atoms with Crippen LogP contribution in [0.1, 0.15) is 25.0 Å². The minimum Gasteiger partial charge on any atom is -0.352 e. The third kappa shape index (κ3) is 3.15. The lowest BCUT2D eigenvalue weighted by atomic mass is 9.88. The van der Waals surface area contributed by atoms with Crippen LogP contribution in [0.4, 0.5) is 0 Å². The average Bonchev–Trinajstić information content (AvgIpc) is 2.51. The molecule has 0 saturated carbocycles. The maximum atomic E-state index is 12.7.